The number of anilines is 1. The quantitative estimate of drug-likeness (QED) is 0.341. The minimum Gasteiger partial charge on any atom is -0.396 e. The molecule has 0 bridgehead atoms. The van der Waals surface area contributed by atoms with Gasteiger partial charge in [0.1, 0.15) is 0 Å². The molecule has 0 amide bonds. The fourth-order valence-electron chi connectivity index (χ4n) is 5.25. The molecule has 1 heterocycles. The topological polar surface area (TPSA) is 26.7 Å². The van der Waals surface area contributed by atoms with Gasteiger partial charge in [0.05, 0.1) is 0 Å². The second kappa shape index (κ2) is 12.0. The van der Waals surface area contributed by atoms with Crippen LogP contribution in [0.25, 0.3) is 0 Å². The van der Waals surface area contributed by atoms with Crippen molar-refractivity contribution in [2.45, 2.75) is 44.6 Å². The number of rotatable bonds is 9. The Balaban J connectivity index is 1.64. The van der Waals surface area contributed by atoms with E-state index in [1.165, 1.54) is 22.4 Å². The maximum atomic E-state index is 9.64. The second-order valence-electron chi connectivity index (χ2n) is 9.62. The molecular weight excluding hydrogens is 484 g/mol. The number of piperazine rings is 1. The first-order chi connectivity index (χ1) is 16.6. The van der Waals surface area contributed by atoms with Gasteiger partial charge in [0, 0.05) is 54.9 Å². The molecule has 1 aliphatic rings. The van der Waals surface area contributed by atoms with Gasteiger partial charge in [0.15, 0.2) is 0 Å². The van der Waals surface area contributed by atoms with Gasteiger partial charge < -0.3 is 10.0 Å². The molecule has 0 saturated carbocycles. The van der Waals surface area contributed by atoms with Crippen LogP contribution in [0.1, 0.15) is 55.2 Å². The molecule has 34 heavy (non-hydrogen) atoms. The molecule has 1 aliphatic heterocycles. The molecule has 0 spiro atoms. The van der Waals surface area contributed by atoms with Crippen LogP contribution in [0.2, 0.25) is 0 Å². The number of aliphatic hydroxyl groups excluding tert-OH is 1. The predicted molar refractivity (Wildman–Crippen MR) is 147 cm³/mol. The molecule has 4 rings (SSSR count). The van der Waals surface area contributed by atoms with Gasteiger partial charge in [-0.1, -0.05) is 70.5 Å². The third-order valence-electron chi connectivity index (χ3n) is 7.19. The lowest BCUT2D eigenvalue weighted by atomic mass is 9.75. The standard InChI is InChI=1S/C30H37BrN2O/c1-23(2)32-18-20-33(21-19-32)28-16-12-26(13-17-28)30(25-10-14-27(31)15-11-25)29(9-6-22-34)24-7-4-3-5-8-24/h3-5,7-8,10-17,23,29-30,34H,6,9,18-22H2,1-2H3. The Labute approximate surface area is 213 Å². The van der Waals surface area contributed by atoms with Crippen molar-refractivity contribution in [2.24, 2.45) is 0 Å². The van der Waals surface area contributed by atoms with Crippen LogP contribution < -0.4 is 4.90 Å². The smallest absolute Gasteiger partial charge is 0.0431 e. The van der Waals surface area contributed by atoms with E-state index >= 15 is 0 Å². The van der Waals surface area contributed by atoms with Crippen LogP contribution in [0, 0.1) is 0 Å². The Morgan fingerprint density at radius 3 is 1.91 bits per heavy atom. The largest absolute Gasteiger partial charge is 0.396 e. The summed E-state index contributed by atoms with van der Waals surface area (Å²) in [6.07, 6.45) is 1.74. The monoisotopic (exact) mass is 520 g/mol. The molecule has 0 aliphatic carbocycles. The van der Waals surface area contributed by atoms with Gasteiger partial charge in [-0.2, -0.15) is 0 Å². The summed E-state index contributed by atoms with van der Waals surface area (Å²) in [5.41, 5.74) is 5.29. The molecule has 2 unspecified atom stereocenters. The molecule has 0 aromatic heterocycles. The van der Waals surface area contributed by atoms with Crippen molar-refractivity contribution in [3.63, 3.8) is 0 Å². The van der Waals surface area contributed by atoms with Crippen molar-refractivity contribution < 1.29 is 5.11 Å². The predicted octanol–water partition coefficient (Wildman–Crippen LogP) is 6.67. The first-order valence-electron chi connectivity index (χ1n) is 12.6. The van der Waals surface area contributed by atoms with E-state index in [4.69, 9.17) is 0 Å². The van der Waals surface area contributed by atoms with Crippen molar-refractivity contribution in [3.8, 4) is 0 Å². The molecule has 1 saturated heterocycles. The minimum absolute atomic E-state index is 0.220. The van der Waals surface area contributed by atoms with Crippen molar-refractivity contribution >= 4 is 21.6 Å². The fourth-order valence-corrected chi connectivity index (χ4v) is 5.52. The number of hydrogen-bond acceptors (Lipinski definition) is 3. The average molecular weight is 522 g/mol. The van der Waals surface area contributed by atoms with Gasteiger partial charge in [-0.3, -0.25) is 4.90 Å². The van der Waals surface area contributed by atoms with E-state index in [-0.39, 0.29) is 12.5 Å². The van der Waals surface area contributed by atoms with Gasteiger partial charge >= 0.3 is 0 Å². The van der Waals surface area contributed by atoms with Gasteiger partial charge in [0.25, 0.3) is 0 Å². The van der Waals surface area contributed by atoms with Crippen LogP contribution in [0.15, 0.2) is 83.3 Å². The van der Waals surface area contributed by atoms with Crippen LogP contribution in [0.4, 0.5) is 5.69 Å². The highest BCUT2D eigenvalue weighted by Gasteiger charge is 2.27. The zero-order valence-electron chi connectivity index (χ0n) is 20.4. The second-order valence-corrected chi connectivity index (χ2v) is 10.5. The maximum absolute atomic E-state index is 9.64. The Hall–Kier alpha value is -2.14. The molecule has 3 aromatic carbocycles. The summed E-state index contributed by atoms with van der Waals surface area (Å²) in [5.74, 6) is 0.531. The van der Waals surface area contributed by atoms with Gasteiger partial charge in [-0.05, 0) is 73.6 Å². The minimum atomic E-state index is 0.220. The third kappa shape index (κ3) is 6.10. The molecule has 0 radical (unpaired) electrons. The van der Waals surface area contributed by atoms with E-state index in [1.54, 1.807) is 0 Å². The number of halogens is 1. The summed E-state index contributed by atoms with van der Waals surface area (Å²) in [4.78, 5) is 5.07. The van der Waals surface area contributed by atoms with E-state index in [0.717, 1.165) is 43.5 Å². The summed E-state index contributed by atoms with van der Waals surface area (Å²) in [7, 11) is 0. The van der Waals surface area contributed by atoms with Gasteiger partial charge in [-0.25, -0.2) is 0 Å². The van der Waals surface area contributed by atoms with Crippen molar-refractivity contribution in [1.82, 2.24) is 4.90 Å². The molecule has 3 aromatic rings. The zero-order chi connectivity index (χ0) is 23.9. The first-order valence-corrected chi connectivity index (χ1v) is 13.4. The van der Waals surface area contributed by atoms with E-state index in [2.05, 4.69) is 118 Å². The average Bonchev–Trinajstić information content (AvgIpc) is 2.88. The van der Waals surface area contributed by atoms with Crippen LogP contribution in [0.3, 0.4) is 0 Å². The molecule has 2 atom stereocenters. The Morgan fingerprint density at radius 2 is 1.35 bits per heavy atom. The molecule has 180 valence electrons. The van der Waals surface area contributed by atoms with Crippen LogP contribution in [0.5, 0.6) is 0 Å². The molecular formula is C30H37BrN2O. The third-order valence-corrected chi connectivity index (χ3v) is 7.72. The van der Waals surface area contributed by atoms with Gasteiger partial charge in [0.2, 0.25) is 0 Å². The zero-order valence-corrected chi connectivity index (χ0v) is 22.0. The van der Waals surface area contributed by atoms with Crippen molar-refractivity contribution in [3.05, 3.63) is 100 Å². The molecule has 1 fully saturated rings. The number of benzene rings is 3. The van der Waals surface area contributed by atoms with Crippen molar-refractivity contribution in [1.29, 1.82) is 0 Å². The summed E-state index contributed by atoms with van der Waals surface area (Å²) in [5, 5.41) is 9.64. The maximum Gasteiger partial charge on any atom is 0.0431 e. The molecule has 3 nitrogen and oxygen atoms in total. The van der Waals surface area contributed by atoms with E-state index < -0.39 is 0 Å². The number of hydrogen-bond donors (Lipinski definition) is 1. The summed E-state index contributed by atoms with van der Waals surface area (Å²) >= 11 is 3.60. The highest BCUT2D eigenvalue weighted by molar-refractivity contribution is 9.10. The molecule has 4 heteroatoms. The number of nitrogens with zero attached hydrogens (tertiary/aromatic N) is 2. The van der Waals surface area contributed by atoms with Crippen LogP contribution in [-0.4, -0.2) is 48.8 Å². The van der Waals surface area contributed by atoms with Gasteiger partial charge in [-0.15, -0.1) is 0 Å². The lowest BCUT2D eigenvalue weighted by molar-refractivity contribution is 0.209. The SMILES string of the molecule is CC(C)N1CCN(c2ccc(C(c3ccc(Br)cc3)C(CCCO)c3ccccc3)cc2)CC1. The lowest BCUT2D eigenvalue weighted by Gasteiger charge is -2.38. The van der Waals surface area contributed by atoms with E-state index in [1.807, 2.05) is 0 Å². The Morgan fingerprint density at radius 1 is 0.765 bits per heavy atom. The van der Waals surface area contributed by atoms with Crippen LogP contribution >= 0.6 is 15.9 Å². The number of aliphatic hydroxyl groups is 1. The highest BCUT2D eigenvalue weighted by atomic mass is 79.9. The van der Waals surface area contributed by atoms with Crippen LogP contribution in [-0.2, 0) is 0 Å². The van der Waals surface area contributed by atoms with E-state index in [0.29, 0.717) is 12.0 Å². The normalized spacial score (nSPS) is 16.6. The Kier molecular flexibility index (Phi) is 8.82. The van der Waals surface area contributed by atoms with Crippen molar-refractivity contribution in [2.75, 3.05) is 37.7 Å². The summed E-state index contributed by atoms with van der Waals surface area (Å²) in [6.45, 7) is 9.20. The fraction of sp³-hybridized carbons (Fsp3) is 0.400. The lowest BCUT2D eigenvalue weighted by Crippen LogP contribution is -2.48. The first kappa shape index (κ1) is 25.0. The highest BCUT2D eigenvalue weighted by Crippen LogP contribution is 2.42. The summed E-state index contributed by atoms with van der Waals surface area (Å²) in [6, 6.07) is 29.4. The Bertz CT molecular complexity index is 996. The molecule has 1 N–H and O–H groups in total. The summed E-state index contributed by atoms with van der Waals surface area (Å²) < 4.78 is 1.09. The van der Waals surface area contributed by atoms with E-state index in [9.17, 15) is 5.11 Å².